The van der Waals surface area contributed by atoms with E-state index in [0.717, 1.165) is 38.7 Å². The van der Waals surface area contributed by atoms with Crippen molar-refractivity contribution < 1.29 is 0 Å². The van der Waals surface area contributed by atoms with Gasteiger partial charge in [0.2, 0.25) is 0 Å². The zero-order chi connectivity index (χ0) is 17.1. The van der Waals surface area contributed by atoms with Crippen molar-refractivity contribution in [2.24, 2.45) is 4.99 Å². The van der Waals surface area contributed by atoms with E-state index < -0.39 is 0 Å². The van der Waals surface area contributed by atoms with Crippen molar-refractivity contribution in [2.75, 3.05) is 33.7 Å². The largest absolute Gasteiger partial charge is 0.352 e. The SMILES string of the molecule is CCCCN(C)C(=NC)NCc1ccccc1CN(CC)CC. The highest BCUT2D eigenvalue weighted by Crippen LogP contribution is 2.12. The fourth-order valence-electron chi connectivity index (χ4n) is 2.63. The zero-order valence-electron chi connectivity index (χ0n) is 15.6. The Balaban J connectivity index is 2.69. The molecule has 0 aliphatic carbocycles. The highest BCUT2D eigenvalue weighted by Gasteiger charge is 2.09. The van der Waals surface area contributed by atoms with Crippen LogP contribution in [0.5, 0.6) is 0 Å². The average molecular weight is 319 g/mol. The van der Waals surface area contributed by atoms with Gasteiger partial charge in [-0.05, 0) is 30.6 Å². The fourth-order valence-corrected chi connectivity index (χ4v) is 2.63. The van der Waals surface area contributed by atoms with Gasteiger partial charge in [-0.1, -0.05) is 51.5 Å². The molecular weight excluding hydrogens is 284 g/mol. The van der Waals surface area contributed by atoms with Crippen molar-refractivity contribution in [3.63, 3.8) is 0 Å². The number of rotatable bonds is 9. The molecule has 1 aromatic carbocycles. The van der Waals surface area contributed by atoms with E-state index in [1.807, 2.05) is 7.05 Å². The Morgan fingerprint density at radius 3 is 2.30 bits per heavy atom. The third-order valence-corrected chi connectivity index (χ3v) is 4.26. The lowest BCUT2D eigenvalue weighted by Gasteiger charge is -2.23. The Kier molecular flexibility index (Phi) is 9.37. The van der Waals surface area contributed by atoms with E-state index in [4.69, 9.17) is 0 Å². The van der Waals surface area contributed by atoms with Gasteiger partial charge in [-0.3, -0.25) is 9.89 Å². The second kappa shape index (κ2) is 11.1. The topological polar surface area (TPSA) is 30.9 Å². The quantitative estimate of drug-likeness (QED) is 0.560. The van der Waals surface area contributed by atoms with Crippen LogP contribution < -0.4 is 5.32 Å². The van der Waals surface area contributed by atoms with Crippen molar-refractivity contribution in [3.8, 4) is 0 Å². The molecule has 0 aliphatic heterocycles. The second-order valence-corrected chi connectivity index (χ2v) is 5.91. The highest BCUT2D eigenvalue weighted by atomic mass is 15.3. The van der Waals surface area contributed by atoms with Crippen LogP contribution in [0.25, 0.3) is 0 Å². The van der Waals surface area contributed by atoms with Crippen LogP contribution in [-0.2, 0) is 13.1 Å². The monoisotopic (exact) mass is 318 g/mol. The van der Waals surface area contributed by atoms with Gasteiger partial charge in [0.25, 0.3) is 0 Å². The standard InChI is InChI=1S/C19H34N4/c1-6-9-14-22(5)19(20-4)21-15-17-12-10-11-13-18(17)16-23(7-2)8-3/h10-13H,6-9,14-16H2,1-5H3,(H,20,21). The molecule has 4 heteroatoms. The molecule has 0 aromatic heterocycles. The summed E-state index contributed by atoms with van der Waals surface area (Å²) in [6.07, 6.45) is 2.39. The maximum absolute atomic E-state index is 4.40. The summed E-state index contributed by atoms with van der Waals surface area (Å²) in [6.45, 7) is 11.7. The van der Waals surface area contributed by atoms with Crippen LogP contribution in [0.15, 0.2) is 29.3 Å². The van der Waals surface area contributed by atoms with E-state index in [-0.39, 0.29) is 0 Å². The Hall–Kier alpha value is -1.55. The normalized spacial score (nSPS) is 11.8. The number of guanidine groups is 1. The van der Waals surface area contributed by atoms with E-state index in [2.05, 4.69) is 72.2 Å². The summed E-state index contributed by atoms with van der Waals surface area (Å²) in [5, 5.41) is 3.50. The Labute approximate surface area is 142 Å². The fraction of sp³-hybridized carbons (Fsp3) is 0.632. The molecule has 1 N–H and O–H groups in total. The van der Waals surface area contributed by atoms with Gasteiger partial charge < -0.3 is 10.2 Å². The van der Waals surface area contributed by atoms with Crippen LogP contribution in [0.4, 0.5) is 0 Å². The summed E-state index contributed by atoms with van der Waals surface area (Å²) in [5.74, 6) is 0.969. The molecule has 130 valence electrons. The van der Waals surface area contributed by atoms with Gasteiger partial charge in [-0.15, -0.1) is 0 Å². The van der Waals surface area contributed by atoms with Crippen molar-refractivity contribution in [2.45, 2.75) is 46.7 Å². The molecule has 0 saturated carbocycles. The van der Waals surface area contributed by atoms with Crippen LogP contribution in [0, 0.1) is 0 Å². The van der Waals surface area contributed by atoms with Gasteiger partial charge >= 0.3 is 0 Å². The summed E-state index contributed by atoms with van der Waals surface area (Å²) in [7, 11) is 3.96. The number of benzene rings is 1. The Morgan fingerprint density at radius 2 is 1.74 bits per heavy atom. The molecule has 0 radical (unpaired) electrons. The smallest absolute Gasteiger partial charge is 0.193 e. The van der Waals surface area contributed by atoms with Gasteiger partial charge in [0.1, 0.15) is 0 Å². The maximum Gasteiger partial charge on any atom is 0.193 e. The third kappa shape index (κ3) is 6.61. The van der Waals surface area contributed by atoms with E-state index in [1.54, 1.807) is 0 Å². The van der Waals surface area contributed by atoms with E-state index >= 15 is 0 Å². The number of nitrogens with zero attached hydrogens (tertiary/aromatic N) is 3. The lowest BCUT2D eigenvalue weighted by Crippen LogP contribution is -2.39. The summed E-state index contributed by atoms with van der Waals surface area (Å²) in [6, 6.07) is 8.70. The minimum atomic E-state index is 0.820. The molecule has 0 saturated heterocycles. The maximum atomic E-state index is 4.40. The number of hydrogen-bond donors (Lipinski definition) is 1. The van der Waals surface area contributed by atoms with Crippen molar-refractivity contribution >= 4 is 5.96 Å². The van der Waals surface area contributed by atoms with Crippen molar-refractivity contribution in [1.29, 1.82) is 0 Å². The zero-order valence-corrected chi connectivity index (χ0v) is 15.6. The van der Waals surface area contributed by atoms with Crippen molar-refractivity contribution in [1.82, 2.24) is 15.1 Å². The number of nitrogens with one attached hydrogen (secondary N) is 1. The van der Waals surface area contributed by atoms with Gasteiger partial charge in [0.05, 0.1) is 0 Å². The lowest BCUT2D eigenvalue weighted by molar-refractivity contribution is 0.295. The molecule has 23 heavy (non-hydrogen) atoms. The third-order valence-electron chi connectivity index (χ3n) is 4.26. The molecule has 4 nitrogen and oxygen atoms in total. The number of aliphatic imine (C=N–C) groups is 1. The number of hydrogen-bond acceptors (Lipinski definition) is 2. The molecule has 0 amide bonds. The van der Waals surface area contributed by atoms with Crippen LogP contribution in [0.3, 0.4) is 0 Å². The molecule has 0 bridgehead atoms. The second-order valence-electron chi connectivity index (χ2n) is 5.91. The Morgan fingerprint density at radius 1 is 1.09 bits per heavy atom. The molecule has 1 aromatic rings. The first kappa shape index (κ1) is 19.5. The van der Waals surface area contributed by atoms with Crippen LogP contribution in [0.1, 0.15) is 44.7 Å². The van der Waals surface area contributed by atoms with Crippen LogP contribution >= 0.6 is 0 Å². The van der Waals surface area contributed by atoms with E-state index in [9.17, 15) is 0 Å². The number of unbranched alkanes of at least 4 members (excludes halogenated alkanes) is 1. The lowest BCUT2D eigenvalue weighted by atomic mass is 10.1. The molecule has 0 heterocycles. The predicted molar refractivity (Wildman–Crippen MR) is 101 cm³/mol. The summed E-state index contributed by atoms with van der Waals surface area (Å²) in [5.41, 5.74) is 2.75. The summed E-state index contributed by atoms with van der Waals surface area (Å²) >= 11 is 0. The predicted octanol–water partition coefficient (Wildman–Crippen LogP) is 3.34. The minimum absolute atomic E-state index is 0.820. The highest BCUT2D eigenvalue weighted by molar-refractivity contribution is 5.79. The molecule has 0 aliphatic rings. The van der Waals surface area contributed by atoms with Gasteiger partial charge in [0, 0.05) is 33.7 Å². The Bertz CT molecular complexity index is 466. The molecule has 1 rings (SSSR count). The molecular formula is C19H34N4. The molecule has 0 atom stereocenters. The molecule has 0 fully saturated rings. The summed E-state index contributed by atoms with van der Waals surface area (Å²) in [4.78, 5) is 9.05. The van der Waals surface area contributed by atoms with Gasteiger partial charge in [-0.2, -0.15) is 0 Å². The van der Waals surface area contributed by atoms with Crippen LogP contribution in [0.2, 0.25) is 0 Å². The van der Waals surface area contributed by atoms with E-state index in [1.165, 1.54) is 24.0 Å². The first-order valence-corrected chi connectivity index (χ1v) is 8.87. The van der Waals surface area contributed by atoms with Gasteiger partial charge in [-0.25, -0.2) is 0 Å². The first-order chi connectivity index (χ1) is 11.2. The summed E-state index contributed by atoms with van der Waals surface area (Å²) < 4.78 is 0. The first-order valence-electron chi connectivity index (χ1n) is 8.87. The average Bonchev–Trinajstić information content (AvgIpc) is 2.59. The molecule has 0 spiro atoms. The van der Waals surface area contributed by atoms with Crippen molar-refractivity contribution in [3.05, 3.63) is 35.4 Å². The van der Waals surface area contributed by atoms with E-state index in [0.29, 0.717) is 0 Å². The van der Waals surface area contributed by atoms with Crippen LogP contribution in [-0.4, -0.2) is 49.5 Å². The van der Waals surface area contributed by atoms with Gasteiger partial charge in [0.15, 0.2) is 5.96 Å². The molecule has 0 unspecified atom stereocenters. The minimum Gasteiger partial charge on any atom is -0.352 e.